The van der Waals surface area contributed by atoms with Crippen LogP contribution in [0.5, 0.6) is 0 Å². The molecule has 2 heterocycles. The summed E-state index contributed by atoms with van der Waals surface area (Å²) < 4.78 is 28.8. The number of nitrogen functional groups attached to an aromatic ring is 1. The fourth-order valence-electron chi connectivity index (χ4n) is 3.78. The van der Waals surface area contributed by atoms with E-state index in [2.05, 4.69) is 15.0 Å². The Balaban J connectivity index is 1.89. The molecule has 1 saturated heterocycles. The molecule has 2 aromatic rings. The summed E-state index contributed by atoms with van der Waals surface area (Å²) in [5, 5.41) is 17.9. The van der Waals surface area contributed by atoms with Crippen molar-refractivity contribution in [2.75, 3.05) is 37.4 Å². The molecule has 1 atom stereocenters. The number of halogens is 2. The Morgan fingerprint density at radius 2 is 2.06 bits per heavy atom. The van der Waals surface area contributed by atoms with Crippen LogP contribution in [0, 0.1) is 11.2 Å². The quantitative estimate of drug-likeness (QED) is 0.462. The standard InChI is InChI=1S/C22H28F2N6O/c1-3-14(11-27-2)15-8-16(18(25)9-17(15)23)21(26)19-10-20(29-13-28-19)30-6-4-22(24,12-31)5-7-30/h8-11,13-14,26,31H,3-7,12,25H2,1-2H3. The number of piperidine rings is 1. The van der Waals surface area contributed by atoms with Crippen molar-refractivity contribution in [3.8, 4) is 0 Å². The molecule has 0 amide bonds. The van der Waals surface area contributed by atoms with Crippen LogP contribution in [0.2, 0.25) is 0 Å². The van der Waals surface area contributed by atoms with Gasteiger partial charge in [-0.25, -0.2) is 18.7 Å². The summed E-state index contributed by atoms with van der Waals surface area (Å²) in [5.74, 6) is -0.0877. The number of hydrogen-bond donors (Lipinski definition) is 3. The van der Waals surface area contributed by atoms with E-state index in [1.54, 1.807) is 25.4 Å². The first-order valence-electron chi connectivity index (χ1n) is 10.3. The lowest BCUT2D eigenvalue weighted by Crippen LogP contribution is -2.44. The summed E-state index contributed by atoms with van der Waals surface area (Å²) in [6, 6.07) is 4.47. The van der Waals surface area contributed by atoms with Crippen molar-refractivity contribution < 1.29 is 13.9 Å². The Morgan fingerprint density at radius 1 is 1.35 bits per heavy atom. The number of aliphatic hydroxyl groups excluding tert-OH is 1. The average molecular weight is 431 g/mol. The van der Waals surface area contributed by atoms with Crippen molar-refractivity contribution in [1.82, 2.24) is 9.97 Å². The molecule has 7 nitrogen and oxygen atoms in total. The number of aromatic nitrogens is 2. The average Bonchev–Trinajstić information content (AvgIpc) is 2.78. The SMILES string of the molecule is CCC(C=NC)c1cc(C(=N)c2cc(N3CCC(F)(CO)CC3)ncn2)c(N)cc1F. The smallest absolute Gasteiger partial charge is 0.137 e. The zero-order valence-corrected chi connectivity index (χ0v) is 17.8. The minimum absolute atomic E-state index is 0.0536. The number of aliphatic imine (C=N–C) groups is 1. The van der Waals surface area contributed by atoms with Gasteiger partial charge in [0.05, 0.1) is 18.0 Å². The summed E-state index contributed by atoms with van der Waals surface area (Å²) in [6.45, 7) is 2.25. The molecular weight excluding hydrogens is 402 g/mol. The van der Waals surface area contributed by atoms with Gasteiger partial charge in [0.25, 0.3) is 0 Å². The van der Waals surface area contributed by atoms with E-state index in [0.29, 0.717) is 42.1 Å². The number of nitrogens with two attached hydrogens (primary N) is 1. The van der Waals surface area contributed by atoms with Gasteiger partial charge in [0.15, 0.2) is 0 Å². The number of alkyl halides is 1. The van der Waals surface area contributed by atoms with E-state index >= 15 is 0 Å². The first kappa shape index (κ1) is 22.7. The molecule has 3 rings (SSSR count). The Labute approximate surface area is 180 Å². The van der Waals surface area contributed by atoms with Crippen LogP contribution in [0.15, 0.2) is 29.5 Å². The second-order valence-electron chi connectivity index (χ2n) is 7.82. The summed E-state index contributed by atoms with van der Waals surface area (Å²) in [6.07, 6.45) is 4.08. The van der Waals surface area contributed by atoms with Crippen molar-refractivity contribution in [2.45, 2.75) is 37.8 Å². The lowest BCUT2D eigenvalue weighted by Gasteiger charge is -2.35. The third-order valence-electron chi connectivity index (χ3n) is 5.78. The van der Waals surface area contributed by atoms with Crippen molar-refractivity contribution in [3.63, 3.8) is 0 Å². The molecule has 4 N–H and O–H groups in total. The minimum atomic E-state index is -1.56. The van der Waals surface area contributed by atoms with E-state index in [1.165, 1.54) is 12.4 Å². The van der Waals surface area contributed by atoms with Gasteiger partial charge in [-0.15, -0.1) is 0 Å². The molecule has 166 valence electrons. The van der Waals surface area contributed by atoms with E-state index < -0.39 is 18.1 Å². The number of nitrogens with one attached hydrogen (secondary N) is 1. The molecule has 1 fully saturated rings. The van der Waals surface area contributed by atoms with Gasteiger partial charge in [-0.1, -0.05) is 6.92 Å². The highest BCUT2D eigenvalue weighted by Gasteiger charge is 2.34. The van der Waals surface area contributed by atoms with Gasteiger partial charge >= 0.3 is 0 Å². The van der Waals surface area contributed by atoms with E-state index in [-0.39, 0.29) is 30.2 Å². The Kier molecular flexibility index (Phi) is 6.94. The molecule has 1 unspecified atom stereocenters. The summed E-state index contributed by atoms with van der Waals surface area (Å²) in [5.41, 5.74) is 5.83. The molecule has 0 saturated carbocycles. The highest BCUT2D eigenvalue weighted by molar-refractivity contribution is 6.13. The fourth-order valence-corrected chi connectivity index (χ4v) is 3.78. The largest absolute Gasteiger partial charge is 0.398 e. The Bertz CT molecular complexity index is 972. The van der Waals surface area contributed by atoms with Crippen LogP contribution < -0.4 is 10.6 Å². The topological polar surface area (TPSA) is 111 Å². The molecular formula is C22H28F2N6O. The third kappa shape index (κ3) is 4.87. The van der Waals surface area contributed by atoms with Crippen LogP contribution in [-0.2, 0) is 0 Å². The van der Waals surface area contributed by atoms with E-state index in [0.717, 1.165) is 0 Å². The minimum Gasteiger partial charge on any atom is -0.398 e. The number of rotatable bonds is 7. The zero-order chi connectivity index (χ0) is 22.6. The molecule has 0 spiro atoms. The van der Waals surface area contributed by atoms with Crippen molar-refractivity contribution in [2.24, 2.45) is 4.99 Å². The van der Waals surface area contributed by atoms with Gasteiger partial charge in [0.1, 0.15) is 23.6 Å². The van der Waals surface area contributed by atoms with E-state index in [9.17, 15) is 13.9 Å². The first-order chi connectivity index (χ1) is 14.8. The Hall–Kier alpha value is -2.94. The van der Waals surface area contributed by atoms with E-state index in [4.69, 9.17) is 11.1 Å². The molecule has 0 radical (unpaired) electrons. The second-order valence-corrected chi connectivity index (χ2v) is 7.82. The molecule has 1 aromatic carbocycles. The number of benzene rings is 1. The fraction of sp³-hybridized carbons (Fsp3) is 0.455. The normalized spacial score (nSPS) is 17.1. The molecule has 9 heteroatoms. The zero-order valence-electron chi connectivity index (χ0n) is 17.8. The summed E-state index contributed by atoms with van der Waals surface area (Å²) >= 11 is 0. The third-order valence-corrected chi connectivity index (χ3v) is 5.78. The summed E-state index contributed by atoms with van der Waals surface area (Å²) in [7, 11) is 1.64. The Morgan fingerprint density at radius 3 is 2.68 bits per heavy atom. The summed E-state index contributed by atoms with van der Waals surface area (Å²) in [4.78, 5) is 14.4. The molecule has 31 heavy (non-hydrogen) atoms. The molecule has 1 aromatic heterocycles. The highest BCUT2D eigenvalue weighted by atomic mass is 19.1. The van der Waals surface area contributed by atoms with Crippen LogP contribution in [0.25, 0.3) is 0 Å². The molecule has 1 aliphatic rings. The predicted octanol–water partition coefficient (Wildman–Crippen LogP) is 3.11. The molecule has 1 aliphatic heterocycles. The maximum atomic E-state index is 14.6. The predicted molar refractivity (Wildman–Crippen MR) is 119 cm³/mol. The van der Waals surface area contributed by atoms with Crippen LogP contribution in [0.3, 0.4) is 0 Å². The van der Waals surface area contributed by atoms with Crippen LogP contribution in [0.1, 0.15) is 48.9 Å². The van der Waals surface area contributed by atoms with Gasteiger partial charge in [0, 0.05) is 62.4 Å². The number of anilines is 2. The number of nitrogens with zero attached hydrogens (tertiary/aromatic N) is 4. The number of hydrogen-bond acceptors (Lipinski definition) is 7. The van der Waals surface area contributed by atoms with Crippen molar-refractivity contribution in [1.29, 1.82) is 5.41 Å². The first-order valence-corrected chi connectivity index (χ1v) is 10.3. The van der Waals surface area contributed by atoms with Gasteiger partial charge in [0.2, 0.25) is 0 Å². The van der Waals surface area contributed by atoms with Crippen LogP contribution in [0.4, 0.5) is 20.3 Å². The van der Waals surface area contributed by atoms with Gasteiger partial charge in [-0.2, -0.15) is 0 Å². The van der Waals surface area contributed by atoms with Crippen LogP contribution in [-0.4, -0.2) is 59.4 Å². The monoisotopic (exact) mass is 430 g/mol. The molecule has 0 aliphatic carbocycles. The van der Waals surface area contributed by atoms with E-state index in [1.807, 2.05) is 11.8 Å². The van der Waals surface area contributed by atoms with Crippen LogP contribution >= 0.6 is 0 Å². The maximum Gasteiger partial charge on any atom is 0.137 e. The van der Waals surface area contributed by atoms with Crippen molar-refractivity contribution in [3.05, 3.63) is 47.2 Å². The van der Waals surface area contributed by atoms with Gasteiger partial charge in [-0.05, 0) is 24.1 Å². The maximum absolute atomic E-state index is 14.6. The highest BCUT2D eigenvalue weighted by Crippen LogP contribution is 2.30. The lowest BCUT2D eigenvalue weighted by atomic mass is 9.92. The van der Waals surface area contributed by atoms with Gasteiger partial charge < -0.3 is 20.7 Å². The van der Waals surface area contributed by atoms with Crippen molar-refractivity contribution >= 4 is 23.4 Å². The van der Waals surface area contributed by atoms with Gasteiger partial charge in [-0.3, -0.25) is 5.41 Å². The lowest BCUT2D eigenvalue weighted by molar-refractivity contribution is 0.0480. The number of aliphatic hydroxyl groups is 1. The second kappa shape index (κ2) is 9.47. The molecule has 0 bridgehead atoms.